The Morgan fingerprint density at radius 3 is 2.37 bits per heavy atom. The number of halogens is 1. The third-order valence-electron chi connectivity index (χ3n) is 4.03. The van der Waals surface area contributed by atoms with Crippen LogP contribution >= 0.6 is 11.6 Å². The third kappa shape index (κ3) is 4.24. The molecule has 1 aromatic heterocycles. The van der Waals surface area contributed by atoms with Gasteiger partial charge in [-0.25, -0.2) is 0 Å². The molecule has 0 bridgehead atoms. The predicted octanol–water partition coefficient (Wildman–Crippen LogP) is 5.21. The number of hydrogen-bond acceptors (Lipinski definition) is 7. The summed E-state index contributed by atoms with van der Waals surface area (Å²) in [6.45, 7) is 0. The summed E-state index contributed by atoms with van der Waals surface area (Å²) in [5.41, 5.74) is -0.352. The van der Waals surface area contributed by atoms with Crippen molar-refractivity contribution < 1.29 is 19.1 Å². The zero-order valence-corrected chi connectivity index (χ0v) is 15.7. The van der Waals surface area contributed by atoms with Crippen LogP contribution in [0, 0.1) is 31.6 Å². The molecule has 0 unspecified atom stereocenters. The van der Waals surface area contributed by atoms with Crippen molar-refractivity contribution in [2.24, 2.45) is 0 Å². The van der Waals surface area contributed by atoms with Crippen molar-refractivity contribution in [1.82, 2.24) is 0 Å². The quantitative estimate of drug-likeness (QED) is 0.174. The summed E-state index contributed by atoms with van der Waals surface area (Å²) in [4.78, 5) is 33.0. The van der Waals surface area contributed by atoms with Crippen LogP contribution < -0.4 is 0 Å². The lowest BCUT2D eigenvalue weighted by atomic mass is 10.0. The van der Waals surface area contributed by atoms with Crippen molar-refractivity contribution in [3.8, 4) is 17.4 Å². The Labute approximate surface area is 173 Å². The van der Waals surface area contributed by atoms with Crippen molar-refractivity contribution in [3.05, 3.63) is 96.7 Å². The Kier molecular flexibility index (Phi) is 5.71. The molecule has 2 aromatic carbocycles. The number of furan rings is 1. The van der Waals surface area contributed by atoms with Crippen LogP contribution in [0.25, 0.3) is 17.4 Å². The van der Waals surface area contributed by atoms with Crippen LogP contribution in [0.15, 0.2) is 64.6 Å². The normalized spacial score (nSPS) is 11.0. The first-order valence-corrected chi connectivity index (χ1v) is 8.63. The maximum absolute atomic E-state index is 12.5. The van der Waals surface area contributed by atoms with E-state index in [1.807, 2.05) is 0 Å². The molecule has 1 heterocycles. The highest BCUT2D eigenvalue weighted by atomic mass is 35.5. The SMILES string of the molecule is N#C/C(=C\c1ccc(-c2ccc([N+](=O)[O-])cc2Cl)o1)C(=O)c1cccc([N+](=O)[O-])c1. The molecule has 0 spiro atoms. The Hall–Kier alpha value is -4.29. The molecule has 0 aliphatic rings. The number of Topliss-reactive ketones (excluding diaryl/α,β-unsaturated/α-hetero) is 1. The van der Waals surface area contributed by atoms with Crippen molar-refractivity contribution in [2.75, 3.05) is 0 Å². The van der Waals surface area contributed by atoms with E-state index in [-0.39, 0.29) is 39.1 Å². The smallest absolute Gasteiger partial charge is 0.270 e. The fraction of sp³-hybridized carbons (Fsp3) is 0. The third-order valence-corrected chi connectivity index (χ3v) is 4.34. The predicted molar refractivity (Wildman–Crippen MR) is 107 cm³/mol. The number of ketones is 1. The van der Waals surface area contributed by atoms with Crippen LogP contribution in [0.3, 0.4) is 0 Å². The number of nitriles is 1. The van der Waals surface area contributed by atoms with Crippen LogP contribution in [0.5, 0.6) is 0 Å². The number of nitrogens with zero attached hydrogens (tertiary/aromatic N) is 3. The average Bonchev–Trinajstić information content (AvgIpc) is 3.19. The van der Waals surface area contributed by atoms with Gasteiger partial charge in [0.2, 0.25) is 5.78 Å². The Morgan fingerprint density at radius 2 is 1.73 bits per heavy atom. The number of hydrogen-bond donors (Lipinski definition) is 0. The van der Waals surface area contributed by atoms with Crippen molar-refractivity contribution >= 4 is 34.8 Å². The fourth-order valence-electron chi connectivity index (χ4n) is 2.60. The Morgan fingerprint density at radius 1 is 1.03 bits per heavy atom. The molecule has 0 N–H and O–H groups in total. The van der Waals surface area contributed by atoms with Gasteiger partial charge in [0.15, 0.2) is 0 Å². The monoisotopic (exact) mass is 423 g/mol. The Balaban J connectivity index is 1.91. The molecule has 0 saturated carbocycles. The maximum Gasteiger partial charge on any atom is 0.270 e. The lowest BCUT2D eigenvalue weighted by Crippen LogP contribution is -2.02. The van der Waals surface area contributed by atoms with E-state index in [1.54, 1.807) is 6.07 Å². The summed E-state index contributed by atoms with van der Waals surface area (Å²) in [6.07, 6.45) is 1.20. The number of benzene rings is 2. The fourth-order valence-corrected chi connectivity index (χ4v) is 2.87. The average molecular weight is 424 g/mol. The topological polar surface area (TPSA) is 140 Å². The maximum atomic E-state index is 12.5. The van der Waals surface area contributed by atoms with Crippen molar-refractivity contribution in [1.29, 1.82) is 5.26 Å². The van der Waals surface area contributed by atoms with Gasteiger partial charge in [-0.1, -0.05) is 23.7 Å². The molecular formula is C20H10ClN3O6. The van der Waals surface area contributed by atoms with Gasteiger partial charge in [-0.05, 0) is 18.2 Å². The molecule has 30 heavy (non-hydrogen) atoms. The van der Waals surface area contributed by atoms with Gasteiger partial charge < -0.3 is 4.42 Å². The summed E-state index contributed by atoms with van der Waals surface area (Å²) in [6, 6.07) is 13.7. The van der Waals surface area contributed by atoms with Gasteiger partial charge >= 0.3 is 0 Å². The number of nitro benzene ring substituents is 2. The highest BCUT2D eigenvalue weighted by molar-refractivity contribution is 6.33. The van der Waals surface area contributed by atoms with E-state index < -0.39 is 15.6 Å². The van der Waals surface area contributed by atoms with Gasteiger partial charge in [0, 0.05) is 41.5 Å². The molecular weight excluding hydrogens is 414 g/mol. The van der Waals surface area contributed by atoms with E-state index in [0.717, 1.165) is 6.07 Å². The number of nitro groups is 2. The van der Waals surface area contributed by atoms with Crippen molar-refractivity contribution in [3.63, 3.8) is 0 Å². The number of carbonyl (C=O) groups excluding carboxylic acids is 1. The van der Waals surface area contributed by atoms with Crippen LogP contribution in [0.2, 0.25) is 5.02 Å². The number of allylic oxidation sites excluding steroid dienone is 1. The number of non-ortho nitro benzene ring substituents is 2. The summed E-state index contributed by atoms with van der Waals surface area (Å²) < 4.78 is 5.59. The van der Waals surface area contributed by atoms with Crippen LogP contribution in [-0.4, -0.2) is 15.6 Å². The molecule has 0 fully saturated rings. The van der Waals surface area contributed by atoms with E-state index in [0.29, 0.717) is 5.56 Å². The lowest BCUT2D eigenvalue weighted by Gasteiger charge is -2.01. The van der Waals surface area contributed by atoms with Gasteiger partial charge in [-0.3, -0.25) is 25.0 Å². The first-order chi connectivity index (χ1) is 14.3. The zero-order chi connectivity index (χ0) is 21.8. The molecule has 0 atom stereocenters. The van der Waals surface area contributed by atoms with E-state index in [1.165, 1.54) is 54.6 Å². The highest BCUT2D eigenvalue weighted by Crippen LogP contribution is 2.32. The molecule has 0 radical (unpaired) electrons. The van der Waals surface area contributed by atoms with E-state index in [4.69, 9.17) is 16.0 Å². The molecule has 148 valence electrons. The molecule has 0 amide bonds. The molecule has 3 rings (SSSR count). The molecule has 0 aliphatic heterocycles. The Bertz CT molecular complexity index is 1260. The van der Waals surface area contributed by atoms with Gasteiger partial charge in [0.05, 0.1) is 14.9 Å². The first-order valence-electron chi connectivity index (χ1n) is 8.25. The van der Waals surface area contributed by atoms with E-state index >= 15 is 0 Å². The summed E-state index contributed by atoms with van der Waals surface area (Å²) in [5, 5.41) is 31.1. The second-order valence-corrected chi connectivity index (χ2v) is 6.34. The van der Waals surface area contributed by atoms with Gasteiger partial charge in [-0.15, -0.1) is 0 Å². The summed E-state index contributed by atoms with van der Waals surface area (Å²) in [7, 11) is 0. The van der Waals surface area contributed by atoms with E-state index in [2.05, 4.69) is 0 Å². The summed E-state index contributed by atoms with van der Waals surface area (Å²) >= 11 is 6.08. The van der Waals surface area contributed by atoms with Crippen LogP contribution in [-0.2, 0) is 0 Å². The lowest BCUT2D eigenvalue weighted by molar-refractivity contribution is -0.385. The molecule has 0 saturated heterocycles. The summed E-state index contributed by atoms with van der Waals surface area (Å²) in [5.74, 6) is -0.261. The minimum absolute atomic E-state index is 0.0119. The van der Waals surface area contributed by atoms with Gasteiger partial charge in [0.1, 0.15) is 23.2 Å². The minimum Gasteiger partial charge on any atom is -0.457 e. The zero-order valence-electron chi connectivity index (χ0n) is 14.9. The van der Waals surface area contributed by atoms with Crippen molar-refractivity contribution in [2.45, 2.75) is 0 Å². The van der Waals surface area contributed by atoms with E-state index in [9.17, 15) is 30.3 Å². The molecule has 3 aromatic rings. The molecule has 9 nitrogen and oxygen atoms in total. The molecule has 10 heteroatoms. The second kappa shape index (κ2) is 8.38. The minimum atomic E-state index is -0.701. The van der Waals surface area contributed by atoms with Gasteiger partial charge in [-0.2, -0.15) is 5.26 Å². The highest BCUT2D eigenvalue weighted by Gasteiger charge is 2.17. The first kappa shape index (κ1) is 20.4. The molecule has 0 aliphatic carbocycles. The second-order valence-electron chi connectivity index (χ2n) is 5.93. The number of rotatable bonds is 6. The van der Waals surface area contributed by atoms with Gasteiger partial charge in [0.25, 0.3) is 11.4 Å². The standard InChI is InChI=1S/C20H10ClN3O6/c21-18-10-15(24(28)29)4-6-17(18)19-7-5-16(30-19)9-13(11-22)20(25)12-2-1-3-14(8-12)23(26)27/h1-10H/b13-9+. The number of carbonyl (C=O) groups is 1. The van der Waals surface area contributed by atoms with Crippen LogP contribution in [0.4, 0.5) is 11.4 Å². The van der Waals surface area contributed by atoms with Crippen LogP contribution in [0.1, 0.15) is 16.1 Å². The largest absolute Gasteiger partial charge is 0.457 e.